The number of hydrogen-bond donors (Lipinski definition) is 0. The average Bonchev–Trinajstić information content (AvgIpc) is 2.90. The number of hydrogen-bond acceptors (Lipinski definition) is 3. The lowest BCUT2D eigenvalue weighted by Gasteiger charge is -2.03. The summed E-state index contributed by atoms with van der Waals surface area (Å²) in [5.74, 6) is 2.06. The number of ether oxygens (including phenoxy) is 1. The second kappa shape index (κ2) is 5.80. The molecule has 18 heavy (non-hydrogen) atoms. The van der Waals surface area contributed by atoms with Crippen LogP contribution in [0.3, 0.4) is 0 Å². The van der Waals surface area contributed by atoms with Gasteiger partial charge in [0.1, 0.15) is 5.75 Å². The van der Waals surface area contributed by atoms with Crippen LogP contribution in [-0.4, -0.2) is 21.9 Å². The predicted octanol–water partition coefficient (Wildman–Crippen LogP) is 3.63. The van der Waals surface area contributed by atoms with E-state index in [-0.39, 0.29) is 17.0 Å². The zero-order valence-electron chi connectivity index (χ0n) is 10.1. The van der Waals surface area contributed by atoms with Crippen molar-refractivity contribution in [2.24, 2.45) is 0 Å². The summed E-state index contributed by atoms with van der Waals surface area (Å²) in [6.07, 6.45) is 2.13. The Hall–Kier alpha value is -0.940. The van der Waals surface area contributed by atoms with Crippen molar-refractivity contribution >= 4 is 28.7 Å². The Labute approximate surface area is 121 Å². The zero-order valence-corrected chi connectivity index (χ0v) is 12.7. The van der Waals surface area contributed by atoms with E-state index in [9.17, 15) is 0 Å². The first-order chi connectivity index (χ1) is 8.36. The van der Waals surface area contributed by atoms with Crippen LogP contribution in [0.5, 0.6) is 5.75 Å². The highest BCUT2D eigenvalue weighted by molar-refractivity contribution is 8.93. The maximum absolute atomic E-state index is 5.43. The van der Waals surface area contributed by atoms with Gasteiger partial charge in [0.25, 0.3) is 0 Å². The van der Waals surface area contributed by atoms with Crippen molar-refractivity contribution in [1.29, 1.82) is 0 Å². The molecular weight excluding hydrogens is 312 g/mol. The average molecular weight is 327 g/mol. The van der Waals surface area contributed by atoms with Gasteiger partial charge in [-0.05, 0) is 31.2 Å². The highest BCUT2D eigenvalue weighted by Gasteiger charge is 2.14. The van der Waals surface area contributed by atoms with E-state index in [1.54, 1.807) is 0 Å². The van der Waals surface area contributed by atoms with Crippen LogP contribution >= 0.6 is 28.7 Å². The van der Waals surface area contributed by atoms with Crippen LogP contribution in [0, 0.1) is 0 Å². The molecular formula is C13H15BrN2OS. The van der Waals surface area contributed by atoms with E-state index in [4.69, 9.17) is 4.74 Å². The quantitative estimate of drug-likeness (QED) is 0.861. The lowest BCUT2D eigenvalue weighted by atomic mass is 10.2. The van der Waals surface area contributed by atoms with Gasteiger partial charge in [0.15, 0.2) is 5.16 Å². The molecule has 2 aromatic rings. The molecule has 0 saturated carbocycles. The van der Waals surface area contributed by atoms with Gasteiger partial charge in [-0.25, -0.2) is 4.98 Å². The highest BCUT2D eigenvalue weighted by atomic mass is 79.9. The third kappa shape index (κ3) is 2.57. The molecule has 0 aliphatic carbocycles. The molecule has 2 heterocycles. The van der Waals surface area contributed by atoms with Crippen molar-refractivity contribution in [3.63, 3.8) is 0 Å². The molecule has 96 valence electrons. The van der Waals surface area contributed by atoms with E-state index >= 15 is 0 Å². The first kappa shape index (κ1) is 13.5. The van der Waals surface area contributed by atoms with Gasteiger partial charge in [-0.3, -0.25) is 0 Å². The Morgan fingerprint density at radius 3 is 2.78 bits per heavy atom. The molecule has 3 rings (SSSR count). The summed E-state index contributed by atoms with van der Waals surface area (Å²) in [5.41, 5.74) is 2.20. The number of fused-ring (bicyclic) bond motifs is 1. The minimum absolute atomic E-state index is 0. The second-order valence-corrected chi connectivity index (χ2v) is 4.97. The Balaban J connectivity index is 0.00000120. The van der Waals surface area contributed by atoms with Crippen molar-refractivity contribution < 1.29 is 4.74 Å². The largest absolute Gasteiger partial charge is 0.494 e. The van der Waals surface area contributed by atoms with Gasteiger partial charge >= 0.3 is 0 Å². The van der Waals surface area contributed by atoms with Crippen LogP contribution in [0.15, 0.2) is 35.6 Å². The van der Waals surface area contributed by atoms with E-state index in [0.29, 0.717) is 6.61 Å². The number of nitrogens with zero attached hydrogens (tertiary/aromatic N) is 2. The van der Waals surface area contributed by atoms with Crippen LogP contribution in [-0.2, 0) is 6.54 Å². The maximum Gasteiger partial charge on any atom is 0.168 e. The second-order valence-electron chi connectivity index (χ2n) is 3.91. The van der Waals surface area contributed by atoms with Crippen molar-refractivity contribution in [1.82, 2.24) is 9.55 Å². The van der Waals surface area contributed by atoms with E-state index in [2.05, 4.69) is 27.9 Å². The van der Waals surface area contributed by atoms with Crippen LogP contribution in [0.1, 0.15) is 6.92 Å². The zero-order chi connectivity index (χ0) is 11.7. The van der Waals surface area contributed by atoms with Crippen LogP contribution < -0.4 is 4.74 Å². The number of aromatic nitrogens is 2. The molecule has 0 amide bonds. The van der Waals surface area contributed by atoms with Crippen molar-refractivity contribution in [2.45, 2.75) is 18.6 Å². The summed E-state index contributed by atoms with van der Waals surface area (Å²) >= 11 is 1.82. The molecule has 0 atom stereocenters. The molecule has 1 aliphatic heterocycles. The third-order valence-corrected chi connectivity index (χ3v) is 3.74. The molecule has 3 nitrogen and oxygen atoms in total. The van der Waals surface area contributed by atoms with E-state index < -0.39 is 0 Å². The van der Waals surface area contributed by atoms with Gasteiger partial charge in [0.05, 0.1) is 12.3 Å². The van der Waals surface area contributed by atoms with Crippen LogP contribution in [0.2, 0.25) is 0 Å². The minimum Gasteiger partial charge on any atom is -0.494 e. The molecule has 0 bridgehead atoms. The standard InChI is InChI=1S/C13H14N2OS.BrH/c1-2-16-11-5-3-10(4-6-11)12-9-15-7-8-17-13(15)14-12;/h3-6,9H,2,7-8H2,1H3;1H. The molecule has 0 saturated heterocycles. The normalized spacial score (nSPS) is 12.9. The van der Waals surface area contributed by atoms with Gasteiger partial charge in [0, 0.05) is 24.1 Å². The SMILES string of the molecule is Br.CCOc1ccc(-c2cn3c(n2)SCC3)cc1. The number of benzene rings is 1. The number of imidazole rings is 1. The van der Waals surface area contributed by atoms with Gasteiger partial charge in [-0.15, -0.1) is 17.0 Å². The van der Waals surface area contributed by atoms with E-state index in [0.717, 1.165) is 34.5 Å². The minimum atomic E-state index is 0. The third-order valence-electron chi connectivity index (χ3n) is 2.76. The Bertz CT molecular complexity index is 503. The molecule has 0 unspecified atom stereocenters. The Morgan fingerprint density at radius 1 is 1.33 bits per heavy atom. The monoisotopic (exact) mass is 326 g/mol. The summed E-state index contributed by atoms with van der Waals surface area (Å²) in [4.78, 5) is 4.62. The fourth-order valence-electron chi connectivity index (χ4n) is 1.94. The van der Waals surface area contributed by atoms with Crippen molar-refractivity contribution in [3.8, 4) is 17.0 Å². The molecule has 5 heteroatoms. The summed E-state index contributed by atoms with van der Waals surface area (Å²) in [6.45, 7) is 3.77. The summed E-state index contributed by atoms with van der Waals surface area (Å²) in [6, 6.07) is 8.12. The molecule has 1 aromatic heterocycles. The highest BCUT2D eigenvalue weighted by Crippen LogP contribution is 2.29. The lowest BCUT2D eigenvalue weighted by molar-refractivity contribution is 0.340. The van der Waals surface area contributed by atoms with E-state index in [1.807, 2.05) is 30.8 Å². The van der Waals surface area contributed by atoms with E-state index in [1.165, 1.54) is 0 Å². The van der Waals surface area contributed by atoms with Crippen molar-refractivity contribution in [2.75, 3.05) is 12.4 Å². The van der Waals surface area contributed by atoms with Gasteiger partial charge in [-0.2, -0.15) is 0 Å². The number of halogens is 1. The van der Waals surface area contributed by atoms with Gasteiger partial charge in [0.2, 0.25) is 0 Å². The summed E-state index contributed by atoms with van der Waals surface area (Å²) in [7, 11) is 0. The molecule has 0 radical (unpaired) electrons. The smallest absolute Gasteiger partial charge is 0.168 e. The van der Waals surface area contributed by atoms with Crippen LogP contribution in [0.25, 0.3) is 11.3 Å². The predicted molar refractivity (Wildman–Crippen MR) is 79.9 cm³/mol. The van der Waals surface area contributed by atoms with Gasteiger partial charge < -0.3 is 9.30 Å². The number of rotatable bonds is 3. The van der Waals surface area contributed by atoms with Crippen molar-refractivity contribution in [3.05, 3.63) is 30.5 Å². The molecule has 1 aliphatic rings. The Kier molecular flexibility index (Phi) is 4.35. The Morgan fingerprint density at radius 2 is 2.11 bits per heavy atom. The fraction of sp³-hybridized carbons (Fsp3) is 0.308. The first-order valence-corrected chi connectivity index (χ1v) is 6.78. The first-order valence-electron chi connectivity index (χ1n) is 5.80. The maximum atomic E-state index is 5.43. The number of thioether (sulfide) groups is 1. The van der Waals surface area contributed by atoms with Gasteiger partial charge in [-0.1, -0.05) is 11.8 Å². The lowest BCUT2D eigenvalue weighted by Crippen LogP contribution is -1.91. The fourth-order valence-corrected chi connectivity index (χ4v) is 2.88. The topological polar surface area (TPSA) is 27.1 Å². The summed E-state index contributed by atoms with van der Waals surface area (Å²) < 4.78 is 7.65. The molecule has 1 aromatic carbocycles. The molecule has 0 spiro atoms. The molecule has 0 N–H and O–H groups in total. The molecule has 0 fully saturated rings. The summed E-state index contributed by atoms with van der Waals surface area (Å²) in [5, 5.41) is 1.13. The van der Waals surface area contributed by atoms with Crippen LogP contribution in [0.4, 0.5) is 0 Å². The number of aryl methyl sites for hydroxylation is 1.